The highest BCUT2D eigenvalue weighted by Crippen LogP contribution is 2.50. The number of hydrogen-bond donors (Lipinski definition) is 0. The summed E-state index contributed by atoms with van der Waals surface area (Å²) in [4.78, 5) is 15.1. The van der Waals surface area contributed by atoms with Crippen molar-refractivity contribution >= 4 is 5.78 Å². The molecule has 1 aliphatic carbocycles. The third-order valence-electron chi connectivity index (χ3n) is 5.79. The molecule has 1 saturated carbocycles. The van der Waals surface area contributed by atoms with Gasteiger partial charge in [0.05, 0.1) is 18.5 Å². The number of ether oxygens (including phenoxy) is 2. The zero-order valence-electron chi connectivity index (χ0n) is 14.9. The number of Topliss-reactive ketones (excluding diaryl/α,β-unsaturated/α-hetero) is 1. The molecule has 3 saturated heterocycles. The van der Waals surface area contributed by atoms with Gasteiger partial charge in [0, 0.05) is 18.0 Å². The van der Waals surface area contributed by atoms with Crippen LogP contribution in [0.15, 0.2) is 11.8 Å². The Balaban J connectivity index is 1.57. The predicted molar refractivity (Wildman–Crippen MR) is 90.2 cm³/mol. The Kier molecular flexibility index (Phi) is 4.84. The van der Waals surface area contributed by atoms with E-state index in [9.17, 15) is 4.79 Å². The number of likely N-dealkylation sites (tertiary alicyclic amines) is 1. The molecule has 4 aliphatic rings. The minimum atomic E-state index is -0.655. The summed E-state index contributed by atoms with van der Waals surface area (Å²) in [6, 6.07) is 0. The second-order valence-electron chi connectivity index (χ2n) is 8.06. The highest BCUT2D eigenvalue weighted by molar-refractivity contribution is 6.03. The van der Waals surface area contributed by atoms with Crippen molar-refractivity contribution in [2.45, 2.75) is 70.5 Å². The molecule has 0 amide bonds. The number of nitrogens with zero attached hydrogens (tertiary/aromatic N) is 1. The van der Waals surface area contributed by atoms with Gasteiger partial charge in [0.1, 0.15) is 5.60 Å². The number of carbonyl (C=O) groups is 1. The molecule has 2 atom stereocenters. The Bertz CT molecular complexity index is 477. The molecule has 0 unspecified atom stereocenters. The maximum absolute atomic E-state index is 12.7. The van der Waals surface area contributed by atoms with Crippen LogP contribution in [0.1, 0.15) is 59.3 Å². The van der Waals surface area contributed by atoms with Gasteiger partial charge in [0.25, 0.3) is 0 Å². The zero-order chi connectivity index (χ0) is 16.5. The first-order valence-electron chi connectivity index (χ1n) is 9.21. The highest BCUT2D eigenvalue weighted by atomic mass is 16.5. The van der Waals surface area contributed by atoms with Crippen molar-refractivity contribution in [2.24, 2.45) is 5.92 Å². The third-order valence-corrected chi connectivity index (χ3v) is 5.79. The lowest BCUT2D eigenvalue weighted by molar-refractivity contribution is -0.207. The Hall–Kier alpha value is -0.870. The van der Waals surface area contributed by atoms with Crippen molar-refractivity contribution in [1.29, 1.82) is 0 Å². The molecule has 130 valence electrons. The Labute approximate surface area is 140 Å². The van der Waals surface area contributed by atoms with Crippen molar-refractivity contribution in [2.75, 3.05) is 26.2 Å². The van der Waals surface area contributed by atoms with Crippen LogP contribution in [-0.4, -0.2) is 48.1 Å². The lowest BCUT2D eigenvalue weighted by atomic mass is 9.65. The van der Waals surface area contributed by atoms with E-state index in [1.807, 2.05) is 6.92 Å². The fourth-order valence-corrected chi connectivity index (χ4v) is 4.45. The van der Waals surface area contributed by atoms with Crippen LogP contribution in [0.5, 0.6) is 0 Å². The van der Waals surface area contributed by atoms with Crippen LogP contribution in [0, 0.1) is 5.92 Å². The van der Waals surface area contributed by atoms with E-state index in [-0.39, 0.29) is 17.3 Å². The molecule has 4 nitrogen and oxygen atoms in total. The van der Waals surface area contributed by atoms with E-state index >= 15 is 0 Å². The van der Waals surface area contributed by atoms with Crippen LogP contribution in [-0.2, 0) is 14.3 Å². The van der Waals surface area contributed by atoms with Gasteiger partial charge in [-0.05, 0) is 59.5 Å². The van der Waals surface area contributed by atoms with Gasteiger partial charge in [-0.1, -0.05) is 12.8 Å². The second kappa shape index (κ2) is 6.56. The van der Waals surface area contributed by atoms with Gasteiger partial charge in [-0.15, -0.1) is 0 Å². The minimum absolute atomic E-state index is 0.128. The quantitative estimate of drug-likeness (QED) is 0.452. The SMILES string of the molecule is CC1(C)O[C@@]2(C)CC[C@@H]1/C(=C/OCCN1CCCCCC1)C2=O. The smallest absolute Gasteiger partial charge is 0.193 e. The molecule has 0 spiro atoms. The molecule has 3 aliphatic heterocycles. The molecule has 0 aromatic carbocycles. The van der Waals surface area contributed by atoms with Gasteiger partial charge in [-0.25, -0.2) is 0 Å². The number of ketones is 1. The molecule has 0 aromatic heterocycles. The minimum Gasteiger partial charge on any atom is -0.499 e. The second-order valence-corrected chi connectivity index (χ2v) is 8.06. The number of rotatable bonds is 4. The molecule has 23 heavy (non-hydrogen) atoms. The van der Waals surface area contributed by atoms with Crippen molar-refractivity contribution in [3.8, 4) is 0 Å². The lowest BCUT2D eigenvalue weighted by Gasteiger charge is -2.53. The van der Waals surface area contributed by atoms with Crippen molar-refractivity contribution < 1.29 is 14.3 Å². The summed E-state index contributed by atoms with van der Waals surface area (Å²) in [5.74, 6) is 0.290. The van der Waals surface area contributed by atoms with Gasteiger partial charge in [-0.3, -0.25) is 9.69 Å². The monoisotopic (exact) mass is 321 g/mol. The van der Waals surface area contributed by atoms with E-state index in [4.69, 9.17) is 9.47 Å². The molecule has 0 radical (unpaired) electrons. The molecule has 0 N–H and O–H groups in total. The average Bonchev–Trinajstić information content (AvgIpc) is 2.75. The van der Waals surface area contributed by atoms with E-state index in [1.54, 1.807) is 6.26 Å². The fourth-order valence-electron chi connectivity index (χ4n) is 4.45. The maximum Gasteiger partial charge on any atom is 0.193 e. The number of hydrogen-bond acceptors (Lipinski definition) is 4. The van der Waals surface area contributed by atoms with Gasteiger partial charge in [-0.2, -0.15) is 0 Å². The van der Waals surface area contributed by atoms with E-state index in [0.29, 0.717) is 6.61 Å². The van der Waals surface area contributed by atoms with E-state index in [0.717, 1.165) is 25.0 Å². The zero-order valence-corrected chi connectivity index (χ0v) is 14.9. The van der Waals surface area contributed by atoms with Crippen molar-refractivity contribution in [3.63, 3.8) is 0 Å². The first kappa shape index (κ1) is 17.0. The normalized spacial score (nSPS) is 36.2. The summed E-state index contributed by atoms with van der Waals surface area (Å²) < 4.78 is 11.9. The van der Waals surface area contributed by atoms with Crippen LogP contribution in [0.3, 0.4) is 0 Å². The molecule has 2 bridgehead atoms. The summed E-state index contributed by atoms with van der Waals surface area (Å²) in [6.07, 6.45) is 8.88. The average molecular weight is 321 g/mol. The summed E-state index contributed by atoms with van der Waals surface area (Å²) >= 11 is 0. The first-order chi connectivity index (χ1) is 10.9. The van der Waals surface area contributed by atoms with Crippen molar-refractivity contribution in [3.05, 3.63) is 11.8 Å². The molecular formula is C19H31NO3. The standard InChI is InChI=1S/C19H31NO3/c1-18(2)16-8-9-19(3,23-18)17(21)15(16)14-22-13-12-20-10-6-4-5-7-11-20/h14,16H,4-13H2,1-3H3/b15-14-/t16-,19+/m1/s1. The van der Waals surface area contributed by atoms with Gasteiger partial charge >= 0.3 is 0 Å². The Morgan fingerprint density at radius 1 is 1.22 bits per heavy atom. The summed E-state index contributed by atoms with van der Waals surface area (Å²) in [5.41, 5.74) is -0.0927. The molecule has 0 aromatic rings. The number of fused-ring (bicyclic) bond motifs is 3. The predicted octanol–water partition coefficient (Wildman–Crippen LogP) is 3.31. The summed E-state index contributed by atoms with van der Waals surface area (Å²) in [6.45, 7) is 10.1. The van der Waals surface area contributed by atoms with Gasteiger partial charge < -0.3 is 9.47 Å². The molecule has 4 heteroatoms. The topological polar surface area (TPSA) is 38.8 Å². The number of carbonyl (C=O) groups excluding carboxylic acids is 1. The van der Waals surface area contributed by atoms with E-state index < -0.39 is 5.60 Å². The first-order valence-corrected chi connectivity index (χ1v) is 9.21. The largest absolute Gasteiger partial charge is 0.499 e. The lowest BCUT2D eigenvalue weighted by Crippen LogP contribution is -2.60. The summed E-state index contributed by atoms with van der Waals surface area (Å²) in [5, 5.41) is 0. The van der Waals surface area contributed by atoms with Crippen LogP contribution in [0.25, 0.3) is 0 Å². The highest BCUT2D eigenvalue weighted by Gasteiger charge is 2.56. The van der Waals surface area contributed by atoms with Crippen LogP contribution in [0.2, 0.25) is 0 Å². The molecule has 4 rings (SSSR count). The van der Waals surface area contributed by atoms with Crippen LogP contribution >= 0.6 is 0 Å². The third kappa shape index (κ3) is 3.48. The van der Waals surface area contributed by atoms with E-state index in [2.05, 4.69) is 18.7 Å². The Morgan fingerprint density at radius 2 is 1.91 bits per heavy atom. The van der Waals surface area contributed by atoms with Crippen LogP contribution < -0.4 is 0 Å². The molecular weight excluding hydrogens is 290 g/mol. The van der Waals surface area contributed by atoms with E-state index in [1.165, 1.54) is 38.8 Å². The van der Waals surface area contributed by atoms with Crippen LogP contribution in [0.4, 0.5) is 0 Å². The fraction of sp³-hybridized carbons (Fsp3) is 0.842. The van der Waals surface area contributed by atoms with Gasteiger partial charge in [0.15, 0.2) is 5.78 Å². The summed E-state index contributed by atoms with van der Waals surface area (Å²) in [7, 11) is 0. The van der Waals surface area contributed by atoms with Crippen molar-refractivity contribution in [1.82, 2.24) is 4.90 Å². The van der Waals surface area contributed by atoms with Gasteiger partial charge in [0.2, 0.25) is 0 Å². The Morgan fingerprint density at radius 3 is 2.57 bits per heavy atom. The molecule has 4 fully saturated rings. The molecule has 3 heterocycles. The maximum atomic E-state index is 12.7.